The zero-order valence-electron chi connectivity index (χ0n) is 14.5. The number of ether oxygens (including phenoxy) is 1. The SMILES string of the molecule is CCc1nnc(NC(=O)OCCN(C)C(=O)NCc2ccccc2Cl)s1. The lowest BCUT2D eigenvalue weighted by Gasteiger charge is -2.18. The lowest BCUT2D eigenvalue weighted by Crippen LogP contribution is -2.39. The highest BCUT2D eigenvalue weighted by molar-refractivity contribution is 7.15. The standard InChI is InChI=1S/C16H20ClN5O3S/c1-3-13-20-21-14(26-13)19-16(24)25-9-8-22(2)15(23)18-10-11-6-4-5-7-12(11)17/h4-7H,3,8-10H2,1-2H3,(H,18,23)(H,19,21,24). The molecule has 1 aromatic heterocycles. The predicted molar refractivity (Wildman–Crippen MR) is 101 cm³/mol. The summed E-state index contributed by atoms with van der Waals surface area (Å²) in [6.07, 6.45) is 0.122. The van der Waals surface area contributed by atoms with Crippen LogP contribution in [0.1, 0.15) is 17.5 Å². The van der Waals surface area contributed by atoms with Crippen molar-refractivity contribution < 1.29 is 14.3 Å². The van der Waals surface area contributed by atoms with Crippen LogP contribution in [0.3, 0.4) is 0 Å². The molecule has 0 aliphatic rings. The Balaban J connectivity index is 1.67. The van der Waals surface area contributed by atoms with E-state index in [9.17, 15) is 9.59 Å². The molecule has 0 saturated heterocycles. The van der Waals surface area contributed by atoms with Crippen molar-refractivity contribution in [2.75, 3.05) is 25.5 Å². The third kappa shape index (κ3) is 6.16. The van der Waals surface area contributed by atoms with E-state index in [0.717, 1.165) is 17.0 Å². The molecule has 1 heterocycles. The Morgan fingerprint density at radius 3 is 2.77 bits per heavy atom. The van der Waals surface area contributed by atoms with Crippen LogP contribution in [0.15, 0.2) is 24.3 Å². The van der Waals surface area contributed by atoms with Crippen LogP contribution in [0.25, 0.3) is 0 Å². The molecular formula is C16H20ClN5O3S. The van der Waals surface area contributed by atoms with E-state index in [1.54, 1.807) is 13.1 Å². The summed E-state index contributed by atoms with van der Waals surface area (Å²) in [6, 6.07) is 7.00. The fourth-order valence-electron chi connectivity index (χ4n) is 1.89. The first kappa shape index (κ1) is 19.9. The first-order chi connectivity index (χ1) is 12.5. The molecule has 0 aliphatic heterocycles. The predicted octanol–water partition coefficient (Wildman–Crippen LogP) is 3.14. The molecule has 0 radical (unpaired) electrons. The topological polar surface area (TPSA) is 96.4 Å². The van der Waals surface area contributed by atoms with Crippen molar-refractivity contribution in [3.05, 3.63) is 39.9 Å². The summed E-state index contributed by atoms with van der Waals surface area (Å²) in [6.45, 7) is 2.58. The van der Waals surface area contributed by atoms with E-state index < -0.39 is 6.09 Å². The second-order valence-corrected chi connectivity index (χ2v) is 6.76. The number of benzene rings is 1. The molecule has 0 saturated carbocycles. The van der Waals surface area contributed by atoms with Gasteiger partial charge in [-0.05, 0) is 18.1 Å². The number of rotatable bonds is 7. The van der Waals surface area contributed by atoms with Crippen LogP contribution in [0.4, 0.5) is 14.7 Å². The third-order valence-corrected chi connectivity index (χ3v) is 4.72. The van der Waals surface area contributed by atoms with Gasteiger partial charge in [-0.15, -0.1) is 10.2 Å². The molecule has 0 spiro atoms. The molecule has 140 valence electrons. The van der Waals surface area contributed by atoms with Gasteiger partial charge < -0.3 is 15.0 Å². The number of hydrogen-bond donors (Lipinski definition) is 2. The number of carbonyl (C=O) groups excluding carboxylic acids is 2. The largest absolute Gasteiger partial charge is 0.447 e. The molecule has 2 aromatic rings. The highest BCUT2D eigenvalue weighted by atomic mass is 35.5. The summed E-state index contributed by atoms with van der Waals surface area (Å²) in [5.74, 6) is 0. The van der Waals surface area contributed by atoms with Crippen LogP contribution in [-0.2, 0) is 17.7 Å². The Morgan fingerprint density at radius 2 is 2.08 bits per heavy atom. The molecule has 3 amide bonds. The summed E-state index contributed by atoms with van der Waals surface area (Å²) in [7, 11) is 1.61. The summed E-state index contributed by atoms with van der Waals surface area (Å²) >= 11 is 7.34. The zero-order valence-corrected chi connectivity index (χ0v) is 16.1. The normalized spacial score (nSPS) is 10.3. The molecule has 2 N–H and O–H groups in total. The number of likely N-dealkylation sites (N-methyl/N-ethyl adjacent to an activating group) is 1. The Bertz CT molecular complexity index is 755. The van der Waals surface area contributed by atoms with Crippen LogP contribution in [0.5, 0.6) is 0 Å². The van der Waals surface area contributed by atoms with Crippen molar-refractivity contribution in [2.24, 2.45) is 0 Å². The maximum absolute atomic E-state index is 12.0. The second-order valence-electron chi connectivity index (χ2n) is 5.29. The van der Waals surface area contributed by atoms with Crippen LogP contribution < -0.4 is 10.6 Å². The highest BCUT2D eigenvalue weighted by Crippen LogP contribution is 2.15. The first-order valence-corrected chi connectivity index (χ1v) is 9.17. The van der Waals surface area contributed by atoms with E-state index in [4.69, 9.17) is 16.3 Å². The number of urea groups is 1. The van der Waals surface area contributed by atoms with Gasteiger partial charge in [-0.1, -0.05) is 48.1 Å². The van der Waals surface area contributed by atoms with E-state index in [1.807, 2.05) is 25.1 Å². The number of hydrogen-bond acceptors (Lipinski definition) is 6. The van der Waals surface area contributed by atoms with Crippen molar-refractivity contribution in [1.29, 1.82) is 0 Å². The van der Waals surface area contributed by atoms with Crippen LogP contribution in [-0.4, -0.2) is 47.4 Å². The molecule has 2 rings (SSSR count). The molecular weight excluding hydrogens is 378 g/mol. The molecule has 0 aliphatic carbocycles. The minimum atomic E-state index is -0.631. The van der Waals surface area contributed by atoms with Crippen molar-refractivity contribution >= 4 is 40.2 Å². The number of aryl methyl sites for hydroxylation is 1. The van der Waals surface area contributed by atoms with Crippen LogP contribution in [0.2, 0.25) is 5.02 Å². The van der Waals surface area contributed by atoms with E-state index in [2.05, 4.69) is 20.8 Å². The van der Waals surface area contributed by atoms with Crippen LogP contribution in [0, 0.1) is 0 Å². The van der Waals surface area contributed by atoms with Gasteiger partial charge >= 0.3 is 12.1 Å². The lowest BCUT2D eigenvalue weighted by molar-refractivity contribution is 0.146. The smallest absolute Gasteiger partial charge is 0.413 e. The third-order valence-electron chi connectivity index (χ3n) is 3.37. The molecule has 1 aromatic carbocycles. The maximum atomic E-state index is 12.0. The Kier molecular flexibility index (Phi) is 7.61. The van der Waals surface area contributed by atoms with E-state index >= 15 is 0 Å². The van der Waals surface area contributed by atoms with Gasteiger partial charge in [0.2, 0.25) is 5.13 Å². The monoisotopic (exact) mass is 397 g/mol. The molecule has 26 heavy (non-hydrogen) atoms. The molecule has 0 fully saturated rings. The molecule has 10 heteroatoms. The van der Waals surface area contributed by atoms with E-state index in [0.29, 0.717) is 16.7 Å². The Morgan fingerprint density at radius 1 is 1.31 bits per heavy atom. The summed E-state index contributed by atoms with van der Waals surface area (Å²) in [4.78, 5) is 25.1. The number of carbonyl (C=O) groups is 2. The second kappa shape index (κ2) is 9.93. The number of amides is 3. The minimum Gasteiger partial charge on any atom is -0.447 e. The quantitative estimate of drug-likeness (QED) is 0.748. The maximum Gasteiger partial charge on any atom is 0.413 e. The number of nitrogens with zero attached hydrogens (tertiary/aromatic N) is 3. The summed E-state index contributed by atoms with van der Waals surface area (Å²) in [5.41, 5.74) is 0.829. The summed E-state index contributed by atoms with van der Waals surface area (Å²) < 4.78 is 5.04. The molecule has 8 nitrogen and oxygen atoms in total. The first-order valence-electron chi connectivity index (χ1n) is 7.98. The van der Waals surface area contributed by atoms with Gasteiger partial charge in [-0.2, -0.15) is 0 Å². The van der Waals surface area contributed by atoms with E-state index in [1.165, 1.54) is 16.2 Å². The Hall–Kier alpha value is -2.39. The van der Waals surface area contributed by atoms with Gasteiger partial charge in [-0.3, -0.25) is 5.32 Å². The van der Waals surface area contributed by atoms with Gasteiger partial charge in [0.05, 0.1) is 6.54 Å². The Labute approximate surface area is 160 Å². The number of halogens is 1. The number of aromatic nitrogens is 2. The average molecular weight is 398 g/mol. The van der Waals surface area contributed by atoms with Crippen molar-refractivity contribution in [3.63, 3.8) is 0 Å². The van der Waals surface area contributed by atoms with Gasteiger partial charge in [-0.25, -0.2) is 9.59 Å². The zero-order chi connectivity index (χ0) is 18.9. The van der Waals surface area contributed by atoms with Crippen LogP contribution >= 0.6 is 22.9 Å². The molecule has 0 bridgehead atoms. The highest BCUT2D eigenvalue weighted by Gasteiger charge is 2.11. The minimum absolute atomic E-state index is 0.0568. The van der Waals surface area contributed by atoms with Crippen molar-refractivity contribution in [3.8, 4) is 0 Å². The van der Waals surface area contributed by atoms with Gasteiger partial charge in [0.1, 0.15) is 11.6 Å². The van der Waals surface area contributed by atoms with Crippen molar-refractivity contribution in [1.82, 2.24) is 20.4 Å². The lowest BCUT2D eigenvalue weighted by atomic mass is 10.2. The molecule has 0 atom stereocenters. The number of nitrogens with one attached hydrogen (secondary N) is 2. The fourth-order valence-corrected chi connectivity index (χ4v) is 2.76. The van der Waals surface area contributed by atoms with Crippen molar-refractivity contribution in [2.45, 2.75) is 19.9 Å². The average Bonchev–Trinajstić information content (AvgIpc) is 3.08. The van der Waals surface area contributed by atoms with Gasteiger partial charge in [0.15, 0.2) is 0 Å². The number of anilines is 1. The summed E-state index contributed by atoms with van der Waals surface area (Å²) in [5, 5.41) is 14.8. The van der Waals surface area contributed by atoms with E-state index in [-0.39, 0.29) is 19.2 Å². The fraction of sp³-hybridized carbons (Fsp3) is 0.375. The van der Waals surface area contributed by atoms with Gasteiger partial charge in [0.25, 0.3) is 0 Å². The van der Waals surface area contributed by atoms with Gasteiger partial charge in [0, 0.05) is 18.6 Å². The molecule has 0 unspecified atom stereocenters.